The number of rotatable bonds is 4. The molecule has 5 heteroatoms. The van der Waals surface area contributed by atoms with Gasteiger partial charge in [-0.3, -0.25) is 10.1 Å². The predicted molar refractivity (Wildman–Crippen MR) is 63.6 cm³/mol. The molecule has 0 spiro atoms. The number of hydrogen-bond acceptors (Lipinski definition) is 4. The molecule has 0 bridgehead atoms. The molecule has 0 aromatic heterocycles. The van der Waals surface area contributed by atoms with Gasteiger partial charge >= 0.3 is 5.97 Å². The molecule has 96 valence electrons. The first kappa shape index (κ1) is 11.3. The van der Waals surface area contributed by atoms with E-state index in [4.69, 9.17) is 9.47 Å². The Morgan fingerprint density at radius 1 is 1.33 bits per heavy atom. The van der Waals surface area contributed by atoms with Gasteiger partial charge in [-0.25, -0.2) is 0 Å². The lowest BCUT2D eigenvalue weighted by Crippen LogP contribution is -2.56. The third kappa shape index (κ3) is 1.80. The molecular formula is C13H15NO4. The van der Waals surface area contributed by atoms with Crippen LogP contribution in [-0.2, 0) is 11.3 Å². The Morgan fingerprint density at radius 2 is 2.11 bits per heavy atom. The van der Waals surface area contributed by atoms with Crippen LogP contribution >= 0.6 is 0 Å². The van der Waals surface area contributed by atoms with Crippen LogP contribution in [0, 0.1) is 0 Å². The summed E-state index contributed by atoms with van der Waals surface area (Å²) in [4.78, 5) is 11.2. The zero-order valence-corrected chi connectivity index (χ0v) is 9.94. The highest BCUT2D eigenvalue weighted by atomic mass is 16.7. The zero-order chi connectivity index (χ0) is 12.6. The summed E-state index contributed by atoms with van der Waals surface area (Å²) in [5.74, 6) is 0.720. The van der Waals surface area contributed by atoms with Gasteiger partial charge in [-0.1, -0.05) is 6.07 Å². The average molecular weight is 249 g/mol. The number of aliphatic carboxylic acids is 1. The van der Waals surface area contributed by atoms with E-state index in [0.717, 1.165) is 23.5 Å². The molecule has 1 aromatic carbocycles. The van der Waals surface area contributed by atoms with Crippen molar-refractivity contribution in [3.05, 3.63) is 23.8 Å². The van der Waals surface area contributed by atoms with Gasteiger partial charge in [0.15, 0.2) is 11.5 Å². The second-order valence-corrected chi connectivity index (χ2v) is 4.78. The summed E-state index contributed by atoms with van der Waals surface area (Å²) in [6.07, 6.45) is 2.38. The fraction of sp³-hybridized carbons (Fsp3) is 0.462. The van der Waals surface area contributed by atoms with Gasteiger partial charge < -0.3 is 14.6 Å². The molecule has 0 unspecified atom stereocenters. The van der Waals surface area contributed by atoms with Crippen LogP contribution < -0.4 is 14.8 Å². The molecule has 3 rings (SSSR count). The summed E-state index contributed by atoms with van der Waals surface area (Å²) in [5, 5.41) is 12.4. The molecule has 2 aliphatic rings. The number of ether oxygens (including phenoxy) is 2. The van der Waals surface area contributed by atoms with Crippen molar-refractivity contribution in [3.63, 3.8) is 0 Å². The van der Waals surface area contributed by atoms with Crippen LogP contribution in [0.25, 0.3) is 0 Å². The van der Waals surface area contributed by atoms with E-state index >= 15 is 0 Å². The second kappa shape index (κ2) is 4.17. The van der Waals surface area contributed by atoms with E-state index in [9.17, 15) is 9.90 Å². The number of hydrogen-bond donors (Lipinski definition) is 2. The molecule has 2 N–H and O–H groups in total. The molecule has 18 heavy (non-hydrogen) atoms. The Kier molecular flexibility index (Phi) is 2.63. The summed E-state index contributed by atoms with van der Waals surface area (Å²) in [6, 6.07) is 5.67. The maximum absolute atomic E-state index is 11.2. The van der Waals surface area contributed by atoms with E-state index in [-0.39, 0.29) is 6.79 Å². The first-order valence-corrected chi connectivity index (χ1v) is 6.07. The Bertz CT molecular complexity index is 482. The minimum Gasteiger partial charge on any atom is -0.480 e. The van der Waals surface area contributed by atoms with E-state index in [1.807, 2.05) is 18.2 Å². The van der Waals surface area contributed by atoms with Crippen LogP contribution in [0.5, 0.6) is 11.5 Å². The lowest BCUT2D eigenvalue weighted by molar-refractivity contribution is -0.148. The maximum Gasteiger partial charge on any atom is 0.323 e. The van der Waals surface area contributed by atoms with Gasteiger partial charge in [0.05, 0.1) is 0 Å². The molecule has 1 aliphatic carbocycles. The van der Waals surface area contributed by atoms with Crippen molar-refractivity contribution in [2.24, 2.45) is 0 Å². The molecule has 1 aromatic rings. The van der Waals surface area contributed by atoms with Gasteiger partial charge in [-0.05, 0) is 37.0 Å². The first-order valence-electron chi connectivity index (χ1n) is 6.07. The standard InChI is InChI=1S/C13H15NO4/c15-12(16)13(4-1-5-13)14-7-9-2-3-10-11(6-9)18-8-17-10/h2-3,6,14H,1,4-5,7-8H2,(H,15,16). The molecule has 1 saturated carbocycles. The number of fused-ring (bicyclic) bond motifs is 1. The van der Waals surface area contributed by atoms with Gasteiger partial charge in [-0.2, -0.15) is 0 Å². The Balaban J connectivity index is 1.68. The Morgan fingerprint density at radius 3 is 2.78 bits per heavy atom. The van der Waals surface area contributed by atoms with Crippen LogP contribution in [-0.4, -0.2) is 23.4 Å². The summed E-state index contributed by atoms with van der Waals surface area (Å²) in [7, 11) is 0. The van der Waals surface area contributed by atoms with E-state index in [0.29, 0.717) is 19.4 Å². The number of nitrogens with one attached hydrogen (secondary N) is 1. The van der Waals surface area contributed by atoms with Gasteiger partial charge in [0.25, 0.3) is 0 Å². The second-order valence-electron chi connectivity index (χ2n) is 4.78. The largest absolute Gasteiger partial charge is 0.480 e. The van der Waals surface area contributed by atoms with E-state index < -0.39 is 11.5 Å². The van der Waals surface area contributed by atoms with Gasteiger partial charge in [0.2, 0.25) is 6.79 Å². The van der Waals surface area contributed by atoms with Crippen molar-refractivity contribution in [2.45, 2.75) is 31.3 Å². The van der Waals surface area contributed by atoms with Crippen molar-refractivity contribution >= 4 is 5.97 Å². The number of carboxylic acid groups (broad SMARTS) is 1. The third-order valence-electron chi connectivity index (χ3n) is 3.68. The summed E-state index contributed by atoms with van der Waals surface area (Å²) in [6.45, 7) is 0.786. The Labute approximate surface area is 105 Å². The highest BCUT2D eigenvalue weighted by molar-refractivity contribution is 5.80. The highest BCUT2D eigenvalue weighted by Gasteiger charge is 2.43. The topological polar surface area (TPSA) is 67.8 Å². The quantitative estimate of drug-likeness (QED) is 0.846. The Hall–Kier alpha value is -1.75. The molecule has 1 fully saturated rings. The summed E-state index contributed by atoms with van der Waals surface area (Å²) >= 11 is 0. The summed E-state index contributed by atoms with van der Waals surface area (Å²) < 4.78 is 10.5. The SMILES string of the molecule is O=C(O)C1(NCc2ccc3c(c2)OCO3)CCC1. The molecule has 0 radical (unpaired) electrons. The molecule has 1 heterocycles. The summed E-state index contributed by atoms with van der Waals surface area (Å²) in [5.41, 5.74) is 0.280. The monoisotopic (exact) mass is 249 g/mol. The minimum atomic E-state index is -0.755. The number of benzene rings is 1. The smallest absolute Gasteiger partial charge is 0.323 e. The van der Waals surface area contributed by atoms with Crippen LogP contribution in [0.4, 0.5) is 0 Å². The zero-order valence-electron chi connectivity index (χ0n) is 9.94. The molecule has 1 aliphatic heterocycles. The fourth-order valence-electron chi connectivity index (χ4n) is 2.32. The van der Waals surface area contributed by atoms with E-state index in [2.05, 4.69) is 5.32 Å². The van der Waals surface area contributed by atoms with Gasteiger partial charge in [-0.15, -0.1) is 0 Å². The molecule has 5 nitrogen and oxygen atoms in total. The van der Waals surface area contributed by atoms with Gasteiger partial charge in [0, 0.05) is 6.54 Å². The fourth-order valence-corrected chi connectivity index (χ4v) is 2.32. The van der Waals surface area contributed by atoms with Crippen molar-refractivity contribution in [3.8, 4) is 11.5 Å². The van der Waals surface area contributed by atoms with Gasteiger partial charge in [0.1, 0.15) is 5.54 Å². The third-order valence-corrected chi connectivity index (χ3v) is 3.68. The molecule has 0 atom stereocenters. The minimum absolute atomic E-state index is 0.255. The number of carbonyl (C=O) groups is 1. The molecule has 0 amide bonds. The van der Waals surface area contributed by atoms with Crippen LogP contribution in [0.15, 0.2) is 18.2 Å². The van der Waals surface area contributed by atoms with Crippen LogP contribution in [0.3, 0.4) is 0 Å². The normalized spacial score (nSPS) is 19.3. The van der Waals surface area contributed by atoms with Crippen molar-refractivity contribution in [1.29, 1.82) is 0 Å². The predicted octanol–water partition coefficient (Wildman–Crippen LogP) is 1.51. The average Bonchev–Trinajstić information content (AvgIpc) is 2.74. The maximum atomic E-state index is 11.2. The van der Waals surface area contributed by atoms with Crippen molar-refractivity contribution in [2.75, 3.05) is 6.79 Å². The van der Waals surface area contributed by atoms with Crippen LogP contribution in [0.1, 0.15) is 24.8 Å². The lowest BCUT2D eigenvalue weighted by Gasteiger charge is -2.38. The first-order chi connectivity index (χ1) is 8.70. The lowest BCUT2D eigenvalue weighted by atomic mass is 9.76. The van der Waals surface area contributed by atoms with E-state index in [1.165, 1.54) is 0 Å². The van der Waals surface area contributed by atoms with Crippen molar-refractivity contribution < 1.29 is 19.4 Å². The van der Waals surface area contributed by atoms with Crippen molar-refractivity contribution in [1.82, 2.24) is 5.32 Å². The molecule has 0 saturated heterocycles. The van der Waals surface area contributed by atoms with Crippen LogP contribution in [0.2, 0.25) is 0 Å². The van der Waals surface area contributed by atoms with E-state index in [1.54, 1.807) is 0 Å². The highest BCUT2D eigenvalue weighted by Crippen LogP contribution is 2.34. The number of carboxylic acids is 1. The molecular weight excluding hydrogens is 234 g/mol.